The number of aromatic nitrogens is 2. The van der Waals surface area contributed by atoms with E-state index in [0.717, 1.165) is 31.5 Å². The third kappa shape index (κ3) is 3.79. The predicted molar refractivity (Wildman–Crippen MR) is 118 cm³/mol. The molecule has 2 aromatic carbocycles. The van der Waals surface area contributed by atoms with E-state index in [9.17, 15) is 9.59 Å². The zero-order valence-electron chi connectivity index (χ0n) is 16.4. The van der Waals surface area contributed by atoms with E-state index in [4.69, 9.17) is 16.6 Å². The van der Waals surface area contributed by atoms with E-state index >= 15 is 0 Å². The first kappa shape index (κ1) is 20.0. The van der Waals surface area contributed by atoms with Crippen molar-refractivity contribution in [2.24, 2.45) is 0 Å². The lowest BCUT2D eigenvalue weighted by Crippen LogP contribution is -2.34. The Kier molecular flexibility index (Phi) is 5.65. The van der Waals surface area contributed by atoms with Crippen LogP contribution >= 0.6 is 23.4 Å². The highest BCUT2D eigenvalue weighted by Crippen LogP contribution is 2.29. The van der Waals surface area contributed by atoms with Gasteiger partial charge >= 0.3 is 0 Å². The van der Waals surface area contributed by atoms with Gasteiger partial charge in [-0.25, -0.2) is 4.98 Å². The van der Waals surface area contributed by atoms with Gasteiger partial charge in [0.1, 0.15) is 0 Å². The highest BCUT2D eigenvalue weighted by atomic mass is 35.5. The Labute approximate surface area is 178 Å². The summed E-state index contributed by atoms with van der Waals surface area (Å²) < 4.78 is 1.59. The number of hydrogen-bond donors (Lipinski definition) is 0. The lowest BCUT2D eigenvalue weighted by molar-refractivity contribution is -0.129. The van der Waals surface area contributed by atoms with Crippen molar-refractivity contribution in [3.05, 3.63) is 63.4 Å². The first-order valence-corrected chi connectivity index (χ1v) is 11.0. The van der Waals surface area contributed by atoms with E-state index in [0.29, 0.717) is 26.8 Å². The number of benzene rings is 2. The lowest BCUT2D eigenvalue weighted by Gasteiger charge is -2.21. The van der Waals surface area contributed by atoms with Crippen LogP contribution in [0.2, 0.25) is 5.02 Å². The summed E-state index contributed by atoms with van der Waals surface area (Å²) in [6, 6.07) is 12.8. The molecule has 2 heterocycles. The molecule has 0 saturated carbocycles. The summed E-state index contributed by atoms with van der Waals surface area (Å²) in [7, 11) is 0. The van der Waals surface area contributed by atoms with Crippen LogP contribution in [-0.4, -0.2) is 38.7 Å². The lowest BCUT2D eigenvalue weighted by atomic mass is 10.2. The van der Waals surface area contributed by atoms with Crippen molar-refractivity contribution in [1.82, 2.24) is 14.5 Å². The molecule has 1 aliphatic heterocycles. The Hall–Kier alpha value is -2.31. The van der Waals surface area contributed by atoms with Crippen LogP contribution in [0.4, 0.5) is 0 Å². The number of nitrogens with zero attached hydrogens (tertiary/aromatic N) is 3. The minimum Gasteiger partial charge on any atom is -0.342 e. The number of hydrogen-bond acceptors (Lipinski definition) is 4. The van der Waals surface area contributed by atoms with Gasteiger partial charge in [0.15, 0.2) is 5.16 Å². The van der Waals surface area contributed by atoms with E-state index in [1.54, 1.807) is 16.7 Å². The summed E-state index contributed by atoms with van der Waals surface area (Å²) in [5.74, 6) is 0.0873. The smallest absolute Gasteiger partial charge is 0.266 e. The van der Waals surface area contributed by atoms with Gasteiger partial charge in [0, 0.05) is 18.1 Å². The maximum atomic E-state index is 13.4. The van der Waals surface area contributed by atoms with Crippen LogP contribution in [0.3, 0.4) is 0 Å². The molecule has 7 heteroatoms. The first-order valence-electron chi connectivity index (χ1n) is 9.70. The number of amides is 1. The molecule has 29 heavy (non-hydrogen) atoms. The van der Waals surface area contributed by atoms with Gasteiger partial charge in [-0.2, -0.15) is 0 Å². The largest absolute Gasteiger partial charge is 0.342 e. The van der Waals surface area contributed by atoms with Crippen LogP contribution in [0.1, 0.15) is 25.3 Å². The normalized spacial score (nSPS) is 15.1. The summed E-state index contributed by atoms with van der Waals surface area (Å²) in [5.41, 5.74) is 1.94. The van der Waals surface area contributed by atoms with Crippen molar-refractivity contribution in [3.8, 4) is 5.69 Å². The summed E-state index contributed by atoms with van der Waals surface area (Å²) in [5, 5.41) is 1.28. The summed E-state index contributed by atoms with van der Waals surface area (Å²) in [6.45, 7) is 5.36. The second-order valence-electron chi connectivity index (χ2n) is 7.23. The Bertz CT molecular complexity index is 1140. The highest BCUT2D eigenvalue weighted by molar-refractivity contribution is 8.00. The summed E-state index contributed by atoms with van der Waals surface area (Å²) in [4.78, 5) is 32.9. The third-order valence-corrected chi connectivity index (χ3v) is 6.72. The van der Waals surface area contributed by atoms with Crippen LogP contribution in [0.15, 0.2) is 52.4 Å². The van der Waals surface area contributed by atoms with Crippen LogP contribution in [0, 0.1) is 6.92 Å². The zero-order chi connectivity index (χ0) is 20.5. The number of fused-ring (bicyclic) bond motifs is 1. The van der Waals surface area contributed by atoms with Crippen molar-refractivity contribution in [2.45, 2.75) is 37.1 Å². The summed E-state index contributed by atoms with van der Waals surface area (Å²) in [6.07, 6.45) is 2.09. The topological polar surface area (TPSA) is 55.2 Å². The SMILES string of the molecule is Cc1c(Cl)cccc1-n1c(SC(C)C(=O)N2CCCC2)nc2ccccc2c1=O. The fourth-order valence-corrected chi connectivity index (χ4v) is 4.82. The zero-order valence-corrected chi connectivity index (χ0v) is 18.0. The number of carbonyl (C=O) groups is 1. The van der Waals surface area contributed by atoms with Crippen LogP contribution in [0.5, 0.6) is 0 Å². The van der Waals surface area contributed by atoms with Gasteiger partial charge in [0.25, 0.3) is 5.56 Å². The predicted octanol–water partition coefficient (Wildman–Crippen LogP) is 4.45. The molecule has 1 unspecified atom stereocenters. The maximum Gasteiger partial charge on any atom is 0.266 e. The number of thioether (sulfide) groups is 1. The molecule has 0 N–H and O–H groups in total. The molecule has 1 aliphatic rings. The first-order chi connectivity index (χ1) is 14.0. The molecule has 0 bridgehead atoms. The van der Waals surface area contributed by atoms with E-state index in [1.165, 1.54) is 11.8 Å². The molecule has 1 aromatic heterocycles. The van der Waals surface area contributed by atoms with Crippen molar-refractivity contribution < 1.29 is 4.79 Å². The number of rotatable bonds is 4. The highest BCUT2D eigenvalue weighted by Gasteiger charge is 2.26. The second kappa shape index (κ2) is 8.20. The molecule has 0 aliphatic carbocycles. The standard InChI is InChI=1S/C22H22ClN3O2S/c1-14-17(23)9-7-11-19(14)26-21(28)16-8-3-4-10-18(16)24-22(26)29-15(2)20(27)25-12-5-6-13-25/h3-4,7-11,15H,5-6,12-13H2,1-2H3. The van der Waals surface area contributed by atoms with Crippen LogP contribution in [-0.2, 0) is 4.79 Å². The maximum absolute atomic E-state index is 13.4. The van der Waals surface area contributed by atoms with E-state index < -0.39 is 0 Å². The van der Waals surface area contributed by atoms with Crippen LogP contribution < -0.4 is 5.56 Å². The van der Waals surface area contributed by atoms with Gasteiger partial charge in [-0.3, -0.25) is 14.2 Å². The van der Waals surface area contributed by atoms with Gasteiger partial charge < -0.3 is 4.90 Å². The second-order valence-corrected chi connectivity index (χ2v) is 8.94. The molecule has 3 aromatic rings. The molecule has 1 saturated heterocycles. The van der Waals surface area contributed by atoms with Gasteiger partial charge in [-0.15, -0.1) is 0 Å². The number of likely N-dealkylation sites (tertiary alicyclic amines) is 1. The Morgan fingerprint density at radius 1 is 1.14 bits per heavy atom. The van der Waals surface area contributed by atoms with Crippen molar-refractivity contribution in [3.63, 3.8) is 0 Å². The summed E-state index contributed by atoms with van der Waals surface area (Å²) >= 11 is 7.65. The van der Waals surface area contributed by atoms with E-state index in [1.807, 2.05) is 49.1 Å². The van der Waals surface area contributed by atoms with E-state index in [2.05, 4.69) is 0 Å². The average molecular weight is 428 g/mol. The van der Waals surface area contributed by atoms with Gasteiger partial charge in [0.05, 0.1) is 21.8 Å². The fraction of sp³-hybridized carbons (Fsp3) is 0.318. The molecule has 1 fully saturated rings. The Morgan fingerprint density at radius 3 is 2.62 bits per heavy atom. The number of carbonyl (C=O) groups excluding carboxylic acids is 1. The molecular formula is C22H22ClN3O2S. The Balaban J connectivity index is 1.84. The minimum atomic E-state index is -0.341. The monoisotopic (exact) mass is 427 g/mol. The molecule has 150 valence electrons. The number of para-hydroxylation sites is 1. The van der Waals surface area contributed by atoms with E-state index in [-0.39, 0.29) is 16.7 Å². The molecule has 0 spiro atoms. The minimum absolute atomic E-state index is 0.0873. The average Bonchev–Trinajstić information content (AvgIpc) is 3.25. The van der Waals surface area contributed by atoms with Crippen molar-refractivity contribution in [2.75, 3.05) is 13.1 Å². The van der Waals surface area contributed by atoms with Gasteiger partial charge in [-0.1, -0.05) is 41.6 Å². The van der Waals surface area contributed by atoms with Crippen molar-refractivity contribution >= 4 is 40.2 Å². The fourth-order valence-electron chi connectivity index (χ4n) is 3.65. The molecule has 0 radical (unpaired) electrons. The molecule has 1 amide bonds. The molecule has 1 atom stereocenters. The quantitative estimate of drug-likeness (QED) is 0.456. The molecule has 5 nitrogen and oxygen atoms in total. The Morgan fingerprint density at radius 2 is 1.86 bits per heavy atom. The van der Waals surface area contributed by atoms with Crippen LogP contribution in [0.25, 0.3) is 16.6 Å². The van der Waals surface area contributed by atoms with Gasteiger partial charge in [0.2, 0.25) is 5.91 Å². The number of halogens is 1. The van der Waals surface area contributed by atoms with Gasteiger partial charge in [-0.05, 0) is 56.5 Å². The molecule has 4 rings (SSSR count). The molecular weight excluding hydrogens is 406 g/mol. The third-order valence-electron chi connectivity index (χ3n) is 5.27. The van der Waals surface area contributed by atoms with Crippen molar-refractivity contribution in [1.29, 1.82) is 0 Å².